The van der Waals surface area contributed by atoms with Gasteiger partial charge in [0.2, 0.25) is 5.88 Å². The van der Waals surface area contributed by atoms with Crippen LogP contribution in [0.4, 0.5) is 13.2 Å². The standard InChI is InChI=1S/C11H7F3N2O3/c12-11(13,14)8-5-9(17)16(15-8)7-3-1-6(2-4-7)10(18)19/h1-5,17H,(H,18,19). The number of carbonyl (C=O) groups is 1. The van der Waals surface area contributed by atoms with Gasteiger partial charge < -0.3 is 10.2 Å². The molecule has 2 rings (SSSR count). The van der Waals surface area contributed by atoms with Gasteiger partial charge in [0.15, 0.2) is 5.69 Å². The minimum atomic E-state index is -4.66. The van der Waals surface area contributed by atoms with E-state index in [1.165, 1.54) is 24.3 Å². The second-order valence-electron chi connectivity index (χ2n) is 3.65. The van der Waals surface area contributed by atoms with Crippen LogP contribution >= 0.6 is 0 Å². The Kier molecular flexibility index (Phi) is 2.93. The number of aromatic nitrogens is 2. The zero-order valence-electron chi connectivity index (χ0n) is 9.22. The van der Waals surface area contributed by atoms with Crippen molar-refractivity contribution in [3.05, 3.63) is 41.6 Å². The molecule has 8 heteroatoms. The Balaban J connectivity index is 2.42. The highest BCUT2D eigenvalue weighted by molar-refractivity contribution is 5.87. The maximum absolute atomic E-state index is 12.4. The third kappa shape index (κ3) is 2.51. The average Bonchev–Trinajstić information content (AvgIpc) is 2.71. The zero-order chi connectivity index (χ0) is 14.2. The molecule has 0 amide bonds. The van der Waals surface area contributed by atoms with Gasteiger partial charge in [-0.1, -0.05) is 0 Å². The third-order valence-corrected chi connectivity index (χ3v) is 2.34. The highest BCUT2D eigenvalue weighted by atomic mass is 19.4. The van der Waals surface area contributed by atoms with E-state index in [2.05, 4.69) is 5.10 Å². The van der Waals surface area contributed by atoms with Gasteiger partial charge in [-0.2, -0.15) is 18.3 Å². The van der Waals surface area contributed by atoms with Crippen LogP contribution in [-0.2, 0) is 6.18 Å². The van der Waals surface area contributed by atoms with Gasteiger partial charge in [-0.05, 0) is 24.3 Å². The van der Waals surface area contributed by atoms with Gasteiger partial charge in [0.25, 0.3) is 0 Å². The smallest absolute Gasteiger partial charge is 0.435 e. The van der Waals surface area contributed by atoms with Crippen molar-refractivity contribution in [2.24, 2.45) is 0 Å². The first-order valence-electron chi connectivity index (χ1n) is 4.99. The van der Waals surface area contributed by atoms with Gasteiger partial charge in [-0.15, -0.1) is 0 Å². The summed E-state index contributed by atoms with van der Waals surface area (Å²) in [6, 6.07) is 5.38. The molecule has 0 bridgehead atoms. The van der Waals surface area contributed by atoms with Gasteiger partial charge in [0.05, 0.1) is 11.3 Å². The molecule has 0 atom stereocenters. The molecular weight excluding hydrogens is 265 g/mol. The van der Waals surface area contributed by atoms with Crippen LogP contribution in [-0.4, -0.2) is 26.0 Å². The van der Waals surface area contributed by atoms with Crippen LogP contribution in [0.2, 0.25) is 0 Å². The molecular formula is C11H7F3N2O3. The van der Waals surface area contributed by atoms with E-state index >= 15 is 0 Å². The van der Waals surface area contributed by atoms with Gasteiger partial charge in [-0.3, -0.25) is 0 Å². The van der Waals surface area contributed by atoms with Gasteiger partial charge in [0.1, 0.15) is 0 Å². The van der Waals surface area contributed by atoms with Gasteiger partial charge >= 0.3 is 12.1 Å². The first-order chi connectivity index (χ1) is 8.79. The van der Waals surface area contributed by atoms with E-state index in [0.29, 0.717) is 10.7 Å². The highest BCUT2D eigenvalue weighted by Gasteiger charge is 2.35. The molecule has 0 fully saturated rings. The largest absolute Gasteiger partial charge is 0.493 e. The van der Waals surface area contributed by atoms with E-state index in [9.17, 15) is 23.1 Å². The van der Waals surface area contributed by atoms with Crippen molar-refractivity contribution in [2.45, 2.75) is 6.18 Å². The fourth-order valence-corrected chi connectivity index (χ4v) is 1.44. The molecule has 0 saturated heterocycles. The predicted molar refractivity (Wildman–Crippen MR) is 57.2 cm³/mol. The zero-order valence-corrected chi connectivity index (χ0v) is 9.22. The predicted octanol–water partition coefficient (Wildman–Crippen LogP) is 2.29. The number of halogens is 3. The molecule has 1 aromatic heterocycles. The minimum Gasteiger partial charge on any atom is -0.493 e. The number of alkyl halides is 3. The summed E-state index contributed by atoms with van der Waals surface area (Å²) >= 11 is 0. The van der Waals surface area contributed by atoms with Gasteiger partial charge in [-0.25, -0.2) is 9.48 Å². The summed E-state index contributed by atoms with van der Waals surface area (Å²) in [7, 11) is 0. The molecule has 0 radical (unpaired) electrons. The fourth-order valence-electron chi connectivity index (χ4n) is 1.44. The number of carboxylic acids is 1. The molecule has 1 heterocycles. The molecule has 0 spiro atoms. The summed E-state index contributed by atoms with van der Waals surface area (Å²) in [5.74, 6) is -1.84. The SMILES string of the molecule is O=C(O)c1ccc(-n2nc(C(F)(F)F)cc2O)cc1. The molecule has 0 aliphatic rings. The molecule has 2 aromatic rings. The number of aromatic carboxylic acids is 1. The fraction of sp³-hybridized carbons (Fsp3) is 0.0909. The normalized spacial score (nSPS) is 11.5. The van der Waals surface area contributed by atoms with Crippen LogP contribution in [0.1, 0.15) is 16.1 Å². The lowest BCUT2D eigenvalue weighted by Crippen LogP contribution is -2.07. The number of rotatable bonds is 2. The molecule has 0 aliphatic carbocycles. The van der Waals surface area contributed by atoms with Crippen LogP contribution in [0.15, 0.2) is 30.3 Å². The summed E-state index contributed by atoms with van der Waals surface area (Å²) < 4.78 is 37.9. The Labute approximate surface area is 104 Å². The van der Waals surface area contributed by atoms with Crippen molar-refractivity contribution < 1.29 is 28.2 Å². The van der Waals surface area contributed by atoms with Crippen LogP contribution in [0.3, 0.4) is 0 Å². The number of carboxylic acid groups (broad SMARTS) is 1. The molecule has 19 heavy (non-hydrogen) atoms. The monoisotopic (exact) mass is 272 g/mol. The summed E-state index contributed by atoms with van der Waals surface area (Å²) in [5, 5.41) is 21.3. The molecule has 0 saturated carbocycles. The Morgan fingerprint density at radius 1 is 1.21 bits per heavy atom. The maximum Gasteiger partial charge on any atom is 0.435 e. The first-order valence-corrected chi connectivity index (χ1v) is 4.99. The Morgan fingerprint density at radius 2 is 1.79 bits per heavy atom. The van der Waals surface area contributed by atoms with Crippen LogP contribution < -0.4 is 0 Å². The van der Waals surface area contributed by atoms with E-state index in [1.54, 1.807) is 0 Å². The average molecular weight is 272 g/mol. The van der Waals surface area contributed by atoms with Crippen molar-refractivity contribution in [2.75, 3.05) is 0 Å². The number of hydrogen-bond donors (Lipinski definition) is 2. The quantitative estimate of drug-likeness (QED) is 0.879. The second kappa shape index (κ2) is 4.30. The third-order valence-electron chi connectivity index (χ3n) is 2.34. The van der Waals surface area contributed by atoms with Crippen molar-refractivity contribution in [3.8, 4) is 11.6 Å². The summed E-state index contributed by atoms with van der Waals surface area (Å²) in [6.07, 6.45) is -4.66. The molecule has 0 unspecified atom stereocenters. The lowest BCUT2D eigenvalue weighted by molar-refractivity contribution is -0.141. The van der Waals surface area contributed by atoms with Crippen LogP contribution in [0.5, 0.6) is 5.88 Å². The lowest BCUT2D eigenvalue weighted by atomic mass is 10.2. The number of hydrogen-bond acceptors (Lipinski definition) is 3. The highest BCUT2D eigenvalue weighted by Crippen LogP contribution is 2.31. The second-order valence-corrected chi connectivity index (χ2v) is 3.65. The van der Waals surface area contributed by atoms with Crippen LogP contribution in [0, 0.1) is 0 Å². The van der Waals surface area contributed by atoms with E-state index < -0.39 is 23.7 Å². The van der Waals surface area contributed by atoms with E-state index in [4.69, 9.17) is 5.11 Å². The van der Waals surface area contributed by atoms with E-state index in [-0.39, 0.29) is 11.3 Å². The van der Waals surface area contributed by atoms with Crippen molar-refractivity contribution in [1.29, 1.82) is 0 Å². The molecule has 5 nitrogen and oxygen atoms in total. The lowest BCUT2D eigenvalue weighted by Gasteiger charge is -2.04. The van der Waals surface area contributed by atoms with Crippen molar-refractivity contribution in [3.63, 3.8) is 0 Å². The molecule has 0 aliphatic heterocycles. The summed E-state index contributed by atoms with van der Waals surface area (Å²) in [6.45, 7) is 0. The molecule has 100 valence electrons. The molecule has 1 aromatic carbocycles. The first kappa shape index (κ1) is 12.9. The summed E-state index contributed by atoms with van der Waals surface area (Å²) in [5.41, 5.74) is -1.13. The van der Waals surface area contributed by atoms with Gasteiger partial charge in [0, 0.05) is 6.07 Å². The minimum absolute atomic E-state index is 0.0218. The Morgan fingerprint density at radius 3 is 2.21 bits per heavy atom. The number of benzene rings is 1. The van der Waals surface area contributed by atoms with Crippen LogP contribution in [0.25, 0.3) is 5.69 Å². The van der Waals surface area contributed by atoms with Crippen molar-refractivity contribution in [1.82, 2.24) is 9.78 Å². The topological polar surface area (TPSA) is 75.3 Å². The molecule has 2 N–H and O–H groups in total. The Hall–Kier alpha value is -2.51. The van der Waals surface area contributed by atoms with E-state index in [0.717, 1.165) is 0 Å². The number of nitrogens with zero attached hydrogens (tertiary/aromatic N) is 2. The maximum atomic E-state index is 12.4. The summed E-state index contributed by atoms with van der Waals surface area (Å²) in [4.78, 5) is 10.6. The Bertz CT molecular complexity index is 617. The van der Waals surface area contributed by atoms with Crippen molar-refractivity contribution >= 4 is 5.97 Å². The number of aromatic hydroxyl groups is 1. The van der Waals surface area contributed by atoms with E-state index in [1.807, 2.05) is 0 Å².